The first-order valence-electron chi connectivity index (χ1n) is 8.70. The van der Waals surface area contributed by atoms with Crippen LogP contribution in [0, 0.1) is 11.6 Å². The summed E-state index contributed by atoms with van der Waals surface area (Å²) in [7, 11) is 1.57. The van der Waals surface area contributed by atoms with Gasteiger partial charge in [-0.25, -0.2) is 13.8 Å². The molecule has 0 radical (unpaired) electrons. The maximum atomic E-state index is 13.1. The van der Waals surface area contributed by atoms with Gasteiger partial charge in [0.25, 0.3) is 11.5 Å². The summed E-state index contributed by atoms with van der Waals surface area (Å²) < 4.78 is 32.2. The van der Waals surface area contributed by atoms with E-state index in [0.717, 1.165) is 12.1 Å². The first-order valence-corrected chi connectivity index (χ1v) is 8.70. The molecule has 3 rings (SSSR count). The van der Waals surface area contributed by atoms with Gasteiger partial charge in [0.05, 0.1) is 17.3 Å². The van der Waals surface area contributed by atoms with Crippen LogP contribution in [0.1, 0.15) is 12.2 Å². The van der Waals surface area contributed by atoms with Gasteiger partial charge in [-0.05, 0) is 24.3 Å². The number of amides is 1. The number of carbonyl (C=O) groups excluding carboxylic acids is 2. The van der Waals surface area contributed by atoms with Crippen LogP contribution in [-0.2, 0) is 27.8 Å². The van der Waals surface area contributed by atoms with Crippen molar-refractivity contribution in [3.63, 3.8) is 0 Å². The third kappa shape index (κ3) is 4.81. The normalized spacial score (nSPS) is 10.7. The van der Waals surface area contributed by atoms with E-state index in [9.17, 15) is 23.2 Å². The second kappa shape index (κ2) is 8.59. The molecule has 1 amide bonds. The number of ether oxygens (including phenoxy) is 1. The number of aromatic nitrogens is 2. The third-order valence-corrected chi connectivity index (χ3v) is 4.20. The highest BCUT2D eigenvalue weighted by Crippen LogP contribution is 2.13. The Hall–Kier alpha value is -3.62. The average Bonchev–Trinajstić information content (AvgIpc) is 2.71. The molecule has 0 saturated carbocycles. The van der Waals surface area contributed by atoms with Crippen molar-refractivity contribution in [3.05, 3.63) is 70.3 Å². The predicted molar refractivity (Wildman–Crippen MR) is 101 cm³/mol. The fourth-order valence-corrected chi connectivity index (χ4v) is 2.69. The van der Waals surface area contributed by atoms with Gasteiger partial charge in [0.2, 0.25) is 0 Å². The van der Waals surface area contributed by atoms with Crippen molar-refractivity contribution >= 4 is 28.5 Å². The summed E-state index contributed by atoms with van der Waals surface area (Å²) in [5.74, 6) is -3.08. The number of esters is 1. The monoisotopic (exact) mass is 401 g/mol. The quantitative estimate of drug-likeness (QED) is 0.641. The summed E-state index contributed by atoms with van der Waals surface area (Å²) in [5, 5.41) is 2.78. The molecule has 1 aromatic heterocycles. The standard InChI is InChI=1S/C20H17F2N3O4/c1-25-17(24-16-5-3-2-4-13(16)20(25)28)8-9-19(27)29-11-18(26)23-12-6-7-14(21)15(22)10-12/h2-7,10H,8-9,11H2,1H3,(H,23,26). The van der Waals surface area contributed by atoms with E-state index in [1.807, 2.05) is 0 Å². The van der Waals surface area contributed by atoms with Crippen molar-refractivity contribution in [2.75, 3.05) is 11.9 Å². The summed E-state index contributed by atoms with van der Waals surface area (Å²) in [6, 6.07) is 9.77. The van der Waals surface area contributed by atoms with Crippen molar-refractivity contribution in [1.29, 1.82) is 0 Å². The van der Waals surface area contributed by atoms with E-state index in [1.165, 1.54) is 10.6 Å². The van der Waals surface area contributed by atoms with Crippen LogP contribution < -0.4 is 10.9 Å². The van der Waals surface area contributed by atoms with Crippen LogP contribution in [0.3, 0.4) is 0 Å². The first kappa shape index (κ1) is 20.1. The lowest BCUT2D eigenvalue weighted by Crippen LogP contribution is -2.24. The zero-order valence-corrected chi connectivity index (χ0v) is 15.4. The molecule has 29 heavy (non-hydrogen) atoms. The van der Waals surface area contributed by atoms with E-state index in [4.69, 9.17) is 4.74 Å². The Kier molecular flexibility index (Phi) is 5.96. The van der Waals surface area contributed by atoms with Gasteiger partial charge in [-0.2, -0.15) is 0 Å². The molecular weight excluding hydrogens is 384 g/mol. The van der Waals surface area contributed by atoms with Crippen LogP contribution in [0.5, 0.6) is 0 Å². The Morgan fingerprint density at radius 3 is 2.66 bits per heavy atom. The van der Waals surface area contributed by atoms with E-state index >= 15 is 0 Å². The Morgan fingerprint density at radius 2 is 1.90 bits per heavy atom. The van der Waals surface area contributed by atoms with Crippen molar-refractivity contribution in [2.45, 2.75) is 12.8 Å². The molecular formula is C20H17F2N3O4. The zero-order valence-electron chi connectivity index (χ0n) is 15.4. The summed E-state index contributed by atoms with van der Waals surface area (Å²) >= 11 is 0. The highest BCUT2D eigenvalue weighted by Gasteiger charge is 2.13. The summed E-state index contributed by atoms with van der Waals surface area (Å²) in [6.45, 7) is -0.581. The van der Waals surface area contributed by atoms with Crippen molar-refractivity contribution in [2.24, 2.45) is 7.05 Å². The Bertz CT molecular complexity index is 1140. The second-order valence-corrected chi connectivity index (χ2v) is 6.25. The number of hydrogen-bond acceptors (Lipinski definition) is 5. The predicted octanol–water partition coefficient (Wildman–Crippen LogP) is 2.33. The molecule has 9 heteroatoms. The number of carbonyl (C=O) groups is 2. The maximum Gasteiger partial charge on any atom is 0.306 e. The summed E-state index contributed by atoms with van der Waals surface area (Å²) in [6.07, 6.45) is 0.0667. The van der Waals surface area contributed by atoms with Crippen LogP contribution in [0.4, 0.5) is 14.5 Å². The Balaban J connectivity index is 1.54. The van der Waals surface area contributed by atoms with Crippen LogP contribution >= 0.6 is 0 Å². The lowest BCUT2D eigenvalue weighted by molar-refractivity contribution is -0.147. The first-order chi connectivity index (χ1) is 13.8. The number of nitrogens with zero attached hydrogens (tertiary/aromatic N) is 2. The molecule has 0 aliphatic rings. The number of halogens is 2. The van der Waals surface area contributed by atoms with Crippen molar-refractivity contribution < 1.29 is 23.1 Å². The fraction of sp³-hybridized carbons (Fsp3) is 0.200. The molecule has 0 saturated heterocycles. The van der Waals surface area contributed by atoms with Gasteiger partial charge in [0.1, 0.15) is 5.82 Å². The molecule has 150 valence electrons. The highest BCUT2D eigenvalue weighted by atomic mass is 19.2. The minimum Gasteiger partial charge on any atom is -0.456 e. The number of benzene rings is 2. The van der Waals surface area contributed by atoms with Gasteiger partial charge in [-0.15, -0.1) is 0 Å². The van der Waals surface area contributed by atoms with Crippen molar-refractivity contribution in [1.82, 2.24) is 9.55 Å². The molecule has 3 aromatic rings. The van der Waals surface area contributed by atoms with Crippen molar-refractivity contribution in [3.8, 4) is 0 Å². The van der Waals surface area contributed by atoms with E-state index < -0.39 is 30.1 Å². The number of aryl methyl sites for hydroxylation is 1. The van der Waals surface area contributed by atoms with E-state index in [0.29, 0.717) is 16.7 Å². The lowest BCUT2D eigenvalue weighted by atomic mass is 10.2. The van der Waals surface area contributed by atoms with Gasteiger partial charge in [0.15, 0.2) is 18.2 Å². The molecule has 7 nitrogen and oxygen atoms in total. The molecule has 1 N–H and O–H groups in total. The molecule has 0 aliphatic carbocycles. The van der Waals surface area contributed by atoms with Crippen LogP contribution in [0.2, 0.25) is 0 Å². The number of rotatable bonds is 6. The number of fused-ring (bicyclic) bond motifs is 1. The molecule has 0 atom stereocenters. The summed E-state index contributed by atoms with van der Waals surface area (Å²) in [4.78, 5) is 40.4. The lowest BCUT2D eigenvalue weighted by Gasteiger charge is -2.09. The molecule has 0 spiro atoms. The number of anilines is 1. The Labute approximate surface area is 163 Å². The smallest absolute Gasteiger partial charge is 0.306 e. The Morgan fingerprint density at radius 1 is 1.14 bits per heavy atom. The molecule has 0 aliphatic heterocycles. The van der Waals surface area contributed by atoms with Crippen LogP contribution in [-0.4, -0.2) is 28.0 Å². The molecule has 0 bridgehead atoms. The highest BCUT2D eigenvalue weighted by molar-refractivity contribution is 5.92. The molecule has 0 fully saturated rings. The number of hydrogen-bond donors (Lipinski definition) is 1. The minimum atomic E-state index is -1.10. The van der Waals surface area contributed by atoms with Gasteiger partial charge >= 0.3 is 5.97 Å². The van der Waals surface area contributed by atoms with E-state index in [2.05, 4.69) is 10.3 Å². The van der Waals surface area contributed by atoms with Gasteiger partial charge in [-0.1, -0.05) is 12.1 Å². The summed E-state index contributed by atoms with van der Waals surface area (Å²) in [5.41, 5.74) is 0.357. The van der Waals surface area contributed by atoms with Gasteiger partial charge < -0.3 is 10.1 Å². The third-order valence-electron chi connectivity index (χ3n) is 4.20. The molecule has 0 unspecified atom stereocenters. The minimum absolute atomic E-state index is 0.0420. The number of nitrogens with one attached hydrogen (secondary N) is 1. The second-order valence-electron chi connectivity index (χ2n) is 6.25. The molecule has 1 heterocycles. The largest absolute Gasteiger partial charge is 0.456 e. The fourth-order valence-electron chi connectivity index (χ4n) is 2.69. The van der Waals surface area contributed by atoms with Gasteiger partial charge in [-0.3, -0.25) is 19.0 Å². The van der Waals surface area contributed by atoms with Crippen LogP contribution in [0.15, 0.2) is 47.3 Å². The maximum absolute atomic E-state index is 13.1. The zero-order chi connectivity index (χ0) is 21.0. The van der Waals surface area contributed by atoms with Gasteiger partial charge in [0, 0.05) is 25.2 Å². The number of para-hydroxylation sites is 1. The SMILES string of the molecule is Cn1c(CCC(=O)OCC(=O)Nc2ccc(F)c(F)c2)nc2ccccc2c1=O. The van der Waals surface area contributed by atoms with Crippen LogP contribution in [0.25, 0.3) is 10.9 Å². The average molecular weight is 401 g/mol. The topological polar surface area (TPSA) is 90.3 Å². The van der Waals surface area contributed by atoms with E-state index in [1.54, 1.807) is 31.3 Å². The van der Waals surface area contributed by atoms with E-state index in [-0.39, 0.29) is 24.1 Å². The molecule has 2 aromatic carbocycles.